The Hall–Kier alpha value is -3.47. The molecule has 1 fully saturated rings. The molecule has 1 aliphatic heterocycles. The van der Waals surface area contributed by atoms with Crippen molar-refractivity contribution in [2.75, 3.05) is 13.2 Å². The zero-order chi connectivity index (χ0) is 30.6. The second kappa shape index (κ2) is 16.0. The van der Waals surface area contributed by atoms with Crippen LogP contribution in [-0.2, 0) is 50.1 Å². The van der Waals surface area contributed by atoms with E-state index in [1.165, 1.54) is 0 Å². The Kier molecular flexibility index (Phi) is 11.6. The van der Waals surface area contributed by atoms with E-state index in [0.29, 0.717) is 0 Å². The summed E-state index contributed by atoms with van der Waals surface area (Å²) in [6, 6.07) is 38.1. The van der Waals surface area contributed by atoms with Crippen molar-refractivity contribution in [1.29, 1.82) is 0 Å². The predicted molar refractivity (Wildman–Crippen MR) is 163 cm³/mol. The van der Waals surface area contributed by atoms with Crippen LogP contribution in [0.5, 0.6) is 0 Å². The number of aliphatic hydroxyl groups excluding tert-OH is 1. The fourth-order valence-corrected chi connectivity index (χ4v) is 5.27. The molecule has 0 bridgehead atoms. The number of hydrogen-bond acceptors (Lipinski definition) is 7. The minimum atomic E-state index is -2.56. The van der Waals surface area contributed by atoms with Crippen LogP contribution in [0.1, 0.15) is 22.3 Å². The lowest BCUT2D eigenvalue weighted by atomic mass is 9.89. The van der Waals surface area contributed by atoms with E-state index in [1.54, 1.807) is 0 Å². The van der Waals surface area contributed by atoms with Crippen LogP contribution in [0.2, 0.25) is 0 Å². The number of aliphatic hydroxyl groups is 2. The van der Waals surface area contributed by atoms with Crippen molar-refractivity contribution in [3.8, 4) is 0 Å². The quantitative estimate of drug-likeness (QED) is 0.189. The van der Waals surface area contributed by atoms with Gasteiger partial charge in [0.05, 0.1) is 39.6 Å². The van der Waals surface area contributed by atoms with E-state index in [-0.39, 0.29) is 33.0 Å². The summed E-state index contributed by atoms with van der Waals surface area (Å²) in [7, 11) is 0. The van der Waals surface area contributed by atoms with Crippen molar-refractivity contribution < 1.29 is 38.3 Å². The standard InChI is InChI=1S/C36H39FO7/c37-32(21-38)36(39)35(43-25-30-19-11-4-12-20-30)34(42-24-29-17-9-3-10-18-29)33(41-23-28-15-7-2-8-16-28)31(44-36)26-40-22-27-13-5-1-6-14-27/h1-20,31-35,38-39H,21-26H2/t31-,32?,33-,34+,35-,36+/m1/s1. The van der Waals surface area contributed by atoms with Crippen molar-refractivity contribution >= 4 is 0 Å². The first-order valence-electron chi connectivity index (χ1n) is 14.8. The smallest absolute Gasteiger partial charge is 0.230 e. The van der Waals surface area contributed by atoms with Gasteiger partial charge in [-0.25, -0.2) is 4.39 Å². The van der Waals surface area contributed by atoms with Crippen LogP contribution in [0, 0.1) is 0 Å². The Morgan fingerprint density at radius 3 is 1.48 bits per heavy atom. The van der Waals surface area contributed by atoms with E-state index in [4.69, 9.17) is 23.7 Å². The molecule has 0 aromatic heterocycles. The Morgan fingerprint density at radius 2 is 1.02 bits per heavy atom. The maximum absolute atomic E-state index is 15.6. The summed E-state index contributed by atoms with van der Waals surface area (Å²) >= 11 is 0. The highest BCUT2D eigenvalue weighted by Gasteiger charge is 2.60. The topological polar surface area (TPSA) is 86.6 Å². The van der Waals surface area contributed by atoms with E-state index in [2.05, 4.69) is 0 Å². The first-order chi connectivity index (χ1) is 21.6. The number of hydrogen-bond donors (Lipinski definition) is 2. The van der Waals surface area contributed by atoms with Gasteiger partial charge < -0.3 is 33.9 Å². The van der Waals surface area contributed by atoms with Gasteiger partial charge in [0, 0.05) is 0 Å². The van der Waals surface area contributed by atoms with Crippen molar-refractivity contribution in [2.24, 2.45) is 0 Å². The summed E-state index contributed by atoms with van der Waals surface area (Å²) in [6.07, 6.45) is -6.36. The summed E-state index contributed by atoms with van der Waals surface area (Å²) in [6.45, 7) is -0.358. The Balaban J connectivity index is 1.47. The van der Waals surface area contributed by atoms with Crippen molar-refractivity contribution in [3.05, 3.63) is 144 Å². The number of alkyl halides is 1. The molecule has 0 amide bonds. The van der Waals surface area contributed by atoms with Crippen LogP contribution in [0.25, 0.3) is 0 Å². The summed E-state index contributed by atoms with van der Waals surface area (Å²) in [5, 5.41) is 21.8. The normalized spacial score (nSPS) is 24.2. The van der Waals surface area contributed by atoms with Crippen LogP contribution in [-0.4, -0.2) is 59.8 Å². The molecule has 0 aliphatic carbocycles. The van der Waals surface area contributed by atoms with E-state index < -0.39 is 43.0 Å². The fraction of sp³-hybridized carbons (Fsp3) is 0.333. The van der Waals surface area contributed by atoms with Gasteiger partial charge in [-0.3, -0.25) is 0 Å². The van der Waals surface area contributed by atoms with Gasteiger partial charge in [0.25, 0.3) is 0 Å². The molecule has 1 unspecified atom stereocenters. The molecule has 44 heavy (non-hydrogen) atoms. The number of ether oxygens (including phenoxy) is 5. The van der Waals surface area contributed by atoms with Gasteiger partial charge in [-0.05, 0) is 22.3 Å². The molecule has 2 N–H and O–H groups in total. The highest BCUT2D eigenvalue weighted by molar-refractivity contribution is 5.17. The number of rotatable bonds is 15. The third kappa shape index (κ3) is 8.37. The minimum Gasteiger partial charge on any atom is -0.393 e. The van der Waals surface area contributed by atoms with Gasteiger partial charge in [0.1, 0.15) is 24.4 Å². The number of benzene rings is 4. The average molecular weight is 603 g/mol. The first-order valence-corrected chi connectivity index (χ1v) is 14.8. The van der Waals surface area contributed by atoms with Gasteiger partial charge >= 0.3 is 0 Å². The van der Waals surface area contributed by atoms with Gasteiger partial charge in [0.2, 0.25) is 5.79 Å². The summed E-state index contributed by atoms with van der Waals surface area (Å²) in [5.41, 5.74) is 3.55. The third-order valence-electron chi connectivity index (χ3n) is 7.58. The van der Waals surface area contributed by atoms with Crippen LogP contribution in [0.4, 0.5) is 4.39 Å². The molecule has 4 aromatic rings. The summed E-state index contributed by atoms with van der Waals surface area (Å²) in [4.78, 5) is 0. The minimum absolute atomic E-state index is 0.0363. The molecule has 1 saturated heterocycles. The second-order valence-corrected chi connectivity index (χ2v) is 10.8. The lowest BCUT2D eigenvalue weighted by Crippen LogP contribution is -2.70. The maximum Gasteiger partial charge on any atom is 0.230 e. The summed E-state index contributed by atoms with van der Waals surface area (Å²) < 4.78 is 46.9. The molecule has 5 rings (SSSR count). The lowest BCUT2D eigenvalue weighted by molar-refractivity contribution is -0.388. The molecular weight excluding hydrogens is 563 g/mol. The molecule has 1 aliphatic rings. The van der Waals surface area contributed by atoms with Crippen LogP contribution < -0.4 is 0 Å². The van der Waals surface area contributed by atoms with Crippen molar-refractivity contribution in [3.63, 3.8) is 0 Å². The molecule has 1 heterocycles. The highest BCUT2D eigenvalue weighted by atomic mass is 19.1. The van der Waals surface area contributed by atoms with Gasteiger partial charge in [0.15, 0.2) is 6.17 Å². The van der Waals surface area contributed by atoms with Gasteiger partial charge in [-0.15, -0.1) is 0 Å². The maximum atomic E-state index is 15.6. The van der Waals surface area contributed by atoms with Crippen molar-refractivity contribution in [2.45, 2.75) is 62.8 Å². The summed E-state index contributed by atoms with van der Waals surface area (Å²) in [5.74, 6) is -2.56. The molecule has 0 spiro atoms. The van der Waals surface area contributed by atoms with Crippen LogP contribution >= 0.6 is 0 Å². The average Bonchev–Trinajstić information content (AvgIpc) is 3.08. The predicted octanol–water partition coefficient (Wildman–Crippen LogP) is 5.38. The molecule has 0 saturated carbocycles. The number of halogens is 1. The lowest BCUT2D eigenvalue weighted by Gasteiger charge is -2.51. The Labute approximate surface area is 257 Å². The molecular formula is C36H39FO7. The molecule has 8 heteroatoms. The monoisotopic (exact) mass is 602 g/mol. The molecule has 0 radical (unpaired) electrons. The Morgan fingerprint density at radius 1 is 0.614 bits per heavy atom. The zero-order valence-electron chi connectivity index (χ0n) is 24.5. The largest absolute Gasteiger partial charge is 0.393 e. The molecule has 4 aromatic carbocycles. The molecule has 232 valence electrons. The molecule has 7 nitrogen and oxygen atoms in total. The van der Waals surface area contributed by atoms with Crippen LogP contribution in [0.3, 0.4) is 0 Å². The van der Waals surface area contributed by atoms with Crippen LogP contribution in [0.15, 0.2) is 121 Å². The highest BCUT2D eigenvalue weighted by Crippen LogP contribution is 2.38. The Bertz CT molecular complexity index is 1360. The third-order valence-corrected chi connectivity index (χ3v) is 7.58. The van der Waals surface area contributed by atoms with Gasteiger partial charge in [-0.2, -0.15) is 0 Å². The zero-order valence-corrected chi connectivity index (χ0v) is 24.5. The van der Waals surface area contributed by atoms with Gasteiger partial charge in [-0.1, -0.05) is 121 Å². The fourth-order valence-electron chi connectivity index (χ4n) is 5.27. The van der Waals surface area contributed by atoms with E-state index in [1.807, 2.05) is 121 Å². The SMILES string of the molecule is OCC(F)[C@]1(O)O[C@H](COCc2ccccc2)[C@@H](OCc2ccccc2)[C@H](OCc2ccccc2)[C@H]1OCc1ccccc1. The van der Waals surface area contributed by atoms with E-state index >= 15 is 4.39 Å². The van der Waals surface area contributed by atoms with E-state index in [0.717, 1.165) is 22.3 Å². The van der Waals surface area contributed by atoms with E-state index in [9.17, 15) is 10.2 Å². The first kappa shape index (κ1) is 31.9. The second-order valence-electron chi connectivity index (χ2n) is 10.8. The van der Waals surface area contributed by atoms with Crippen molar-refractivity contribution in [1.82, 2.24) is 0 Å². The molecule has 6 atom stereocenters.